The zero-order valence-corrected chi connectivity index (χ0v) is 12.1. The van der Waals surface area contributed by atoms with Crippen LogP contribution in [0.1, 0.15) is 29.2 Å². The number of H-pyrrole nitrogens is 1. The summed E-state index contributed by atoms with van der Waals surface area (Å²) in [6.07, 6.45) is -1.30. The van der Waals surface area contributed by atoms with Crippen LogP contribution in [0.25, 0.3) is 0 Å². The molecular weight excluding hydrogens is 309 g/mol. The van der Waals surface area contributed by atoms with Crippen molar-refractivity contribution in [3.63, 3.8) is 0 Å². The highest BCUT2D eigenvalue weighted by molar-refractivity contribution is 5.92. The van der Waals surface area contributed by atoms with Crippen LogP contribution in [0.3, 0.4) is 0 Å². The van der Waals surface area contributed by atoms with E-state index in [0.29, 0.717) is 0 Å². The molecule has 0 fully saturated rings. The Bertz CT molecular complexity index is 734. The van der Waals surface area contributed by atoms with Gasteiger partial charge in [-0.1, -0.05) is 6.07 Å². The molecule has 0 unspecified atom stereocenters. The number of aryl methyl sites for hydroxylation is 2. The second-order valence-corrected chi connectivity index (χ2v) is 5.27. The number of rotatable bonds is 3. The summed E-state index contributed by atoms with van der Waals surface area (Å²) in [4.78, 5) is 7.29. The number of benzene rings is 1. The maximum Gasteiger partial charge on any atom is 0.453 e. The van der Waals surface area contributed by atoms with E-state index in [-0.39, 0.29) is 18.3 Å². The predicted molar refractivity (Wildman–Crippen MR) is 78.8 cm³/mol. The maximum atomic E-state index is 12.4. The van der Waals surface area contributed by atoms with Crippen molar-refractivity contribution in [1.29, 1.82) is 0 Å². The molecule has 23 heavy (non-hydrogen) atoms. The zero-order valence-electron chi connectivity index (χ0n) is 12.1. The van der Waals surface area contributed by atoms with Crippen molar-refractivity contribution in [1.82, 2.24) is 15.2 Å². The summed E-state index contributed by atoms with van der Waals surface area (Å²) in [7, 11) is 0. The summed E-state index contributed by atoms with van der Waals surface area (Å²) in [5, 5.41) is 8.21. The number of guanidine groups is 1. The van der Waals surface area contributed by atoms with Crippen LogP contribution in [0.4, 0.5) is 18.9 Å². The summed E-state index contributed by atoms with van der Waals surface area (Å²) < 4.78 is 37.1. The Morgan fingerprint density at radius 1 is 1.30 bits per heavy atom. The van der Waals surface area contributed by atoms with Gasteiger partial charge >= 0.3 is 6.18 Å². The molecule has 0 saturated heterocycles. The number of fused-ring (bicyclic) bond motifs is 1. The Hall–Kier alpha value is -2.58. The van der Waals surface area contributed by atoms with Crippen molar-refractivity contribution in [3.05, 3.63) is 41.0 Å². The van der Waals surface area contributed by atoms with E-state index in [9.17, 15) is 13.2 Å². The average molecular weight is 324 g/mol. The van der Waals surface area contributed by atoms with Crippen LogP contribution in [-0.4, -0.2) is 21.1 Å². The lowest BCUT2D eigenvalue weighted by Crippen LogP contribution is -2.22. The number of hydrogen-bond acceptors (Lipinski definition) is 3. The van der Waals surface area contributed by atoms with E-state index in [1.165, 1.54) is 11.1 Å². The minimum Gasteiger partial charge on any atom is -0.370 e. The van der Waals surface area contributed by atoms with Gasteiger partial charge in [0.25, 0.3) is 5.82 Å². The molecule has 0 radical (unpaired) electrons. The molecule has 1 aliphatic carbocycles. The number of aromatic amines is 1. The molecule has 0 aliphatic heterocycles. The molecule has 0 amide bonds. The Kier molecular flexibility index (Phi) is 3.93. The molecule has 0 spiro atoms. The van der Waals surface area contributed by atoms with Gasteiger partial charge < -0.3 is 11.1 Å². The number of nitrogens with two attached hydrogens (primary N) is 1. The van der Waals surface area contributed by atoms with Crippen molar-refractivity contribution in [2.24, 2.45) is 10.7 Å². The van der Waals surface area contributed by atoms with Gasteiger partial charge in [0.2, 0.25) is 0 Å². The summed E-state index contributed by atoms with van der Waals surface area (Å²) in [5.41, 5.74) is 9.18. The van der Waals surface area contributed by atoms with Crippen LogP contribution < -0.4 is 11.1 Å². The molecule has 0 atom stereocenters. The number of hydrogen-bond donors (Lipinski definition) is 3. The Morgan fingerprint density at radius 2 is 2.09 bits per heavy atom. The van der Waals surface area contributed by atoms with Crippen LogP contribution in [0.5, 0.6) is 0 Å². The van der Waals surface area contributed by atoms with E-state index in [0.717, 1.165) is 24.9 Å². The Balaban J connectivity index is 1.63. The largest absolute Gasteiger partial charge is 0.453 e. The van der Waals surface area contributed by atoms with Crippen molar-refractivity contribution in [2.45, 2.75) is 32.0 Å². The number of nitrogens with one attached hydrogen (secondary N) is 2. The first-order chi connectivity index (χ1) is 10.9. The van der Waals surface area contributed by atoms with E-state index in [4.69, 9.17) is 5.73 Å². The molecule has 122 valence electrons. The van der Waals surface area contributed by atoms with Crippen LogP contribution in [0, 0.1) is 0 Å². The smallest absolute Gasteiger partial charge is 0.370 e. The molecule has 0 bridgehead atoms. The normalized spacial score (nSPS) is 14.8. The first-order valence-corrected chi connectivity index (χ1v) is 7.09. The van der Waals surface area contributed by atoms with Gasteiger partial charge in [-0.3, -0.25) is 5.10 Å². The third kappa shape index (κ3) is 3.61. The highest BCUT2D eigenvalue weighted by Gasteiger charge is 2.35. The summed E-state index contributed by atoms with van der Waals surface area (Å²) in [6.45, 7) is -0.118. The van der Waals surface area contributed by atoms with Gasteiger partial charge in [-0.15, -0.1) is 5.10 Å². The molecule has 3 rings (SSSR count). The molecule has 1 aromatic carbocycles. The number of aliphatic imine (C=N–C) groups is 1. The second-order valence-electron chi connectivity index (χ2n) is 5.27. The van der Waals surface area contributed by atoms with E-state index in [1.807, 2.05) is 18.2 Å². The Morgan fingerprint density at radius 3 is 2.83 bits per heavy atom. The number of nitrogens with zero attached hydrogens (tertiary/aromatic N) is 3. The number of alkyl halides is 3. The third-order valence-electron chi connectivity index (χ3n) is 3.56. The van der Waals surface area contributed by atoms with Crippen molar-refractivity contribution < 1.29 is 13.2 Å². The van der Waals surface area contributed by atoms with Gasteiger partial charge in [-0.2, -0.15) is 13.2 Å². The number of aromatic nitrogens is 3. The van der Waals surface area contributed by atoms with Gasteiger partial charge in [0.05, 0.1) is 0 Å². The van der Waals surface area contributed by atoms with Crippen molar-refractivity contribution in [3.8, 4) is 0 Å². The molecule has 4 N–H and O–H groups in total. The SMILES string of the molecule is NC(=NCc1nc(C(F)(F)F)n[nH]1)Nc1ccc2c(c1)CCC2. The lowest BCUT2D eigenvalue weighted by Gasteiger charge is -2.07. The molecule has 0 saturated carbocycles. The topological polar surface area (TPSA) is 92.0 Å². The third-order valence-corrected chi connectivity index (χ3v) is 3.56. The first-order valence-electron chi connectivity index (χ1n) is 7.09. The lowest BCUT2D eigenvalue weighted by molar-refractivity contribution is -0.144. The summed E-state index contributed by atoms with van der Waals surface area (Å²) in [5.74, 6) is -1.11. The standard InChI is InChI=1S/C14H15F3N6/c15-14(16,17)12-21-11(22-23-12)7-19-13(18)20-10-5-4-8-2-1-3-9(8)6-10/h4-6H,1-3,7H2,(H3,18,19,20)(H,21,22,23). The Labute approximate surface area is 130 Å². The van der Waals surface area contributed by atoms with E-state index in [1.54, 1.807) is 0 Å². The molecular formula is C14H15F3N6. The van der Waals surface area contributed by atoms with Crippen molar-refractivity contribution in [2.75, 3.05) is 5.32 Å². The summed E-state index contributed by atoms with van der Waals surface area (Å²) in [6, 6.07) is 5.97. The molecule has 1 aliphatic rings. The van der Waals surface area contributed by atoms with Gasteiger partial charge in [-0.25, -0.2) is 9.98 Å². The minimum absolute atomic E-state index is 0.00368. The van der Waals surface area contributed by atoms with Crippen LogP contribution >= 0.6 is 0 Å². The molecule has 1 heterocycles. The van der Waals surface area contributed by atoms with E-state index in [2.05, 4.69) is 25.5 Å². The molecule has 2 aromatic rings. The minimum atomic E-state index is -4.58. The van der Waals surface area contributed by atoms with E-state index < -0.39 is 12.0 Å². The summed E-state index contributed by atoms with van der Waals surface area (Å²) >= 11 is 0. The highest BCUT2D eigenvalue weighted by Crippen LogP contribution is 2.26. The van der Waals surface area contributed by atoms with Crippen LogP contribution in [0.2, 0.25) is 0 Å². The number of anilines is 1. The van der Waals surface area contributed by atoms with Gasteiger partial charge in [0, 0.05) is 5.69 Å². The second kappa shape index (κ2) is 5.90. The average Bonchev–Trinajstić information content (AvgIpc) is 3.13. The lowest BCUT2D eigenvalue weighted by atomic mass is 10.1. The zero-order chi connectivity index (χ0) is 16.4. The quantitative estimate of drug-likeness (QED) is 0.596. The van der Waals surface area contributed by atoms with Gasteiger partial charge in [0.15, 0.2) is 5.96 Å². The first kappa shape index (κ1) is 15.3. The predicted octanol–water partition coefficient (Wildman–Crippen LogP) is 2.24. The molecule has 6 nitrogen and oxygen atoms in total. The maximum absolute atomic E-state index is 12.4. The fourth-order valence-corrected chi connectivity index (χ4v) is 2.49. The van der Waals surface area contributed by atoms with Gasteiger partial charge in [0.1, 0.15) is 12.4 Å². The number of halogens is 3. The van der Waals surface area contributed by atoms with Crippen molar-refractivity contribution >= 4 is 11.6 Å². The molecule has 9 heteroatoms. The van der Waals surface area contributed by atoms with Crippen LogP contribution in [0.15, 0.2) is 23.2 Å². The fourth-order valence-electron chi connectivity index (χ4n) is 2.49. The monoisotopic (exact) mass is 324 g/mol. The highest BCUT2D eigenvalue weighted by atomic mass is 19.4. The fraction of sp³-hybridized carbons (Fsp3) is 0.357. The van der Waals surface area contributed by atoms with E-state index >= 15 is 0 Å². The van der Waals surface area contributed by atoms with Gasteiger partial charge in [-0.05, 0) is 42.5 Å². The van der Waals surface area contributed by atoms with Crippen LogP contribution in [-0.2, 0) is 25.6 Å². The molecule has 1 aromatic heterocycles.